The number of methoxy groups -OCH3 is 1. The van der Waals surface area contributed by atoms with Crippen molar-refractivity contribution in [3.8, 4) is 5.75 Å². The Hall–Kier alpha value is -1.26. The van der Waals surface area contributed by atoms with E-state index >= 15 is 0 Å². The minimum absolute atomic E-state index is 0.165. The van der Waals surface area contributed by atoms with Gasteiger partial charge in [-0.15, -0.1) is 0 Å². The number of benzene rings is 1. The molecule has 4 heteroatoms. The van der Waals surface area contributed by atoms with Crippen LogP contribution < -0.4 is 10.2 Å². The number of hydrogen-bond donors (Lipinski definition) is 2. The lowest BCUT2D eigenvalue weighted by atomic mass is 10.1. The summed E-state index contributed by atoms with van der Waals surface area (Å²) >= 11 is 0. The molecule has 1 aromatic carbocycles. The molecule has 0 radical (unpaired) electrons. The molecule has 1 aromatic rings. The first-order chi connectivity index (χ1) is 9.10. The fraction of sp³-hybridized carbons (Fsp3) is 0.600. The van der Waals surface area contributed by atoms with E-state index in [1.54, 1.807) is 7.11 Å². The zero-order valence-corrected chi connectivity index (χ0v) is 12.4. The fourth-order valence-corrected chi connectivity index (χ4v) is 2.13. The predicted octanol–water partition coefficient (Wildman–Crippen LogP) is 2.54. The highest BCUT2D eigenvalue weighted by atomic mass is 16.5. The van der Waals surface area contributed by atoms with E-state index in [-0.39, 0.29) is 6.04 Å². The van der Waals surface area contributed by atoms with E-state index in [0.29, 0.717) is 5.75 Å². The van der Waals surface area contributed by atoms with Gasteiger partial charge in [0, 0.05) is 50.7 Å². The molecule has 1 rings (SSSR count). The summed E-state index contributed by atoms with van der Waals surface area (Å²) < 4.78 is 5.04. The maximum absolute atomic E-state index is 10.1. The SMILES string of the molecule is CCNC(C)c1ccc(N(C)CCCOC)cc1O. The van der Waals surface area contributed by atoms with Crippen LogP contribution in [0.25, 0.3) is 0 Å². The van der Waals surface area contributed by atoms with Crippen molar-refractivity contribution in [3.63, 3.8) is 0 Å². The first-order valence-corrected chi connectivity index (χ1v) is 6.86. The Morgan fingerprint density at radius 1 is 1.42 bits per heavy atom. The highest BCUT2D eigenvalue weighted by Crippen LogP contribution is 2.28. The third kappa shape index (κ3) is 4.73. The number of hydrogen-bond acceptors (Lipinski definition) is 4. The van der Waals surface area contributed by atoms with E-state index in [2.05, 4.69) is 30.1 Å². The normalized spacial score (nSPS) is 12.4. The Morgan fingerprint density at radius 2 is 2.16 bits per heavy atom. The van der Waals surface area contributed by atoms with Gasteiger partial charge in [0.25, 0.3) is 0 Å². The number of nitrogens with one attached hydrogen (secondary N) is 1. The molecular weight excluding hydrogens is 240 g/mol. The van der Waals surface area contributed by atoms with Gasteiger partial charge in [-0.2, -0.15) is 0 Å². The van der Waals surface area contributed by atoms with Crippen molar-refractivity contribution in [1.29, 1.82) is 0 Å². The topological polar surface area (TPSA) is 44.7 Å². The van der Waals surface area contributed by atoms with Gasteiger partial charge in [0.2, 0.25) is 0 Å². The van der Waals surface area contributed by atoms with Crippen molar-refractivity contribution in [2.24, 2.45) is 0 Å². The van der Waals surface area contributed by atoms with E-state index in [9.17, 15) is 5.11 Å². The third-order valence-electron chi connectivity index (χ3n) is 3.27. The number of rotatable bonds is 8. The molecule has 0 aliphatic heterocycles. The summed E-state index contributed by atoms with van der Waals surface area (Å²) in [4.78, 5) is 2.13. The lowest BCUT2D eigenvalue weighted by Gasteiger charge is -2.21. The van der Waals surface area contributed by atoms with Crippen LogP contribution >= 0.6 is 0 Å². The van der Waals surface area contributed by atoms with Crippen molar-refractivity contribution >= 4 is 5.69 Å². The summed E-state index contributed by atoms with van der Waals surface area (Å²) in [6.07, 6.45) is 0.976. The molecule has 0 aliphatic carbocycles. The van der Waals surface area contributed by atoms with Gasteiger partial charge in [0.15, 0.2) is 0 Å². The van der Waals surface area contributed by atoms with Crippen LogP contribution in [0.1, 0.15) is 31.9 Å². The number of aromatic hydroxyl groups is 1. The van der Waals surface area contributed by atoms with Crippen molar-refractivity contribution in [2.45, 2.75) is 26.3 Å². The van der Waals surface area contributed by atoms with Gasteiger partial charge in [-0.05, 0) is 26.0 Å². The van der Waals surface area contributed by atoms with Gasteiger partial charge in [-0.25, -0.2) is 0 Å². The molecule has 2 N–H and O–H groups in total. The highest BCUT2D eigenvalue weighted by Gasteiger charge is 2.11. The summed E-state index contributed by atoms with van der Waals surface area (Å²) in [5, 5.41) is 13.4. The quantitative estimate of drug-likeness (QED) is 0.710. The van der Waals surface area contributed by atoms with E-state index in [4.69, 9.17) is 4.74 Å². The monoisotopic (exact) mass is 266 g/mol. The lowest BCUT2D eigenvalue weighted by molar-refractivity contribution is 0.196. The van der Waals surface area contributed by atoms with Crippen LogP contribution in [0, 0.1) is 0 Å². The van der Waals surface area contributed by atoms with E-state index < -0.39 is 0 Å². The average molecular weight is 266 g/mol. The molecule has 1 atom stereocenters. The Labute approximate surface area is 116 Å². The van der Waals surface area contributed by atoms with Crippen LogP contribution in [0.3, 0.4) is 0 Å². The van der Waals surface area contributed by atoms with Gasteiger partial charge in [-0.3, -0.25) is 0 Å². The molecular formula is C15H26N2O2. The smallest absolute Gasteiger partial charge is 0.122 e. The molecule has 0 aromatic heterocycles. The Morgan fingerprint density at radius 3 is 2.74 bits per heavy atom. The van der Waals surface area contributed by atoms with Gasteiger partial charge in [-0.1, -0.05) is 13.0 Å². The zero-order valence-electron chi connectivity index (χ0n) is 12.4. The maximum atomic E-state index is 10.1. The zero-order chi connectivity index (χ0) is 14.3. The molecule has 4 nitrogen and oxygen atoms in total. The van der Waals surface area contributed by atoms with Gasteiger partial charge in [0.05, 0.1) is 0 Å². The van der Waals surface area contributed by atoms with Crippen molar-refractivity contribution < 1.29 is 9.84 Å². The minimum Gasteiger partial charge on any atom is -0.508 e. The molecule has 1 unspecified atom stereocenters. The van der Waals surface area contributed by atoms with Crippen molar-refractivity contribution in [2.75, 3.05) is 38.8 Å². The largest absolute Gasteiger partial charge is 0.508 e. The summed E-state index contributed by atoms with van der Waals surface area (Å²) in [6, 6.07) is 6.04. The molecule has 0 bridgehead atoms. The first-order valence-electron chi connectivity index (χ1n) is 6.86. The van der Waals surface area contributed by atoms with Crippen LogP contribution in [0.2, 0.25) is 0 Å². The summed E-state index contributed by atoms with van der Waals surface area (Å²) in [5.74, 6) is 0.351. The molecule has 108 valence electrons. The van der Waals surface area contributed by atoms with Crippen LogP contribution in [-0.2, 0) is 4.74 Å². The Kier molecular flexibility index (Phi) is 6.67. The third-order valence-corrected chi connectivity index (χ3v) is 3.27. The molecule has 0 heterocycles. The molecule has 0 saturated carbocycles. The van der Waals surface area contributed by atoms with Crippen molar-refractivity contribution in [1.82, 2.24) is 5.32 Å². The second kappa shape index (κ2) is 8.02. The minimum atomic E-state index is 0.165. The standard InChI is InChI=1S/C15H26N2O2/c1-5-16-12(2)14-8-7-13(11-15(14)18)17(3)9-6-10-19-4/h7-8,11-12,16,18H,5-6,9-10H2,1-4H3. The number of phenols is 1. The Bertz CT molecular complexity index is 382. The number of anilines is 1. The number of ether oxygens (including phenoxy) is 1. The molecule has 0 saturated heterocycles. The van der Waals surface area contributed by atoms with Gasteiger partial charge in [0.1, 0.15) is 5.75 Å². The fourth-order valence-electron chi connectivity index (χ4n) is 2.13. The van der Waals surface area contributed by atoms with Crippen LogP contribution in [0.5, 0.6) is 5.75 Å². The summed E-state index contributed by atoms with van der Waals surface area (Å²) in [5.41, 5.74) is 1.97. The van der Waals surface area contributed by atoms with Gasteiger partial charge >= 0.3 is 0 Å². The van der Waals surface area contributed by atoms with E-state index in [0.717, 1.165) is 37.4 Å². The molecule has 0 fully saturated rings. The van der Waals surface area contributed by atoms with E-state index in [1.807, 2.05) is 19.2 Å². The Balaban J connectivity index is 2.70. The average Bonchev–Trinajstić information content (AvgIpc) is 2.39. The summed E-state index contributed by atoms with van der Waals surface area (Å²) in [7, 11) is 3.74. The van der Waals surface area contributed by atoms with Crippen molar-refractivity contribution in [3.05, 3.63) is 23.8 Å². The molecule has 0 aliphatic rings. The number of phenolic OH excluding ortho intramolecular Hbond substituents is 1. The predicted molar refractivity (Wildman–Crippen MR) is 80.0 cm³/mol. The maximum Gasteiger partial charge on any atom is 0.122 e. The van der Waals surface area contributed by atoms with Crippen LogP contribution in [0.4, 0.5) is 5.69 Å². The molecule has 19 heavy (non-hydrogen) atoms. The van der Waals surface area contributed by atoms with Crippen LogP contribution in [-0.4, -0.2) is 39.0 Å². The first kappa shape index (κ1) is 15.8. The summed E-state index contributed by atoms with van der Waals surface area (Å²) in [6.45, 7) is 6.67. The second-order valence-electron chi connectivity index (χ2n) is 4.79. The second-order valence-corrected chi connectivity index (χ2v) is 4.79. The van der Waals surface area contributed by atoms with Gasteiger partial charge < -0.3 is 20.1 Å². The number of nitrogens with zero attached hydrogens (tertiary/aromatic N) is 1. The lowest BCUT2D eigenvalue weighted by Crippen LogP contribution is -2.20. The van der Waals surface area contributed by atoms with Crippen LogP contribution in [0.15, 0.2) is 18.2 Å². The molecule has 0 spiro atoms. The highest BCUT2D eigenvalue weighted by molar-refractivity contribution is 5.53. The molecule has 0 amide bonds. The van der Waals surface area contributed by atoms with E-state index in [1.165, 1.54) is 0 Å².